The van der Waals surface area contributed by atoms with Crippen LogP contribution in [0, 0.1) is 6.92 Å². The fourth-order valence-corrected chi connectivity index (χ4v) is 2.60. The van der Waals surface area contributed by atoms with Crippen LogP contribution in [0.3, 0.4) is 0 Å². The molecule has 2 rings (SSSR count). The first-order chi connectivity index (χ1) is 10.5. The largest absolute Gasteiger partial charge is 0.452 e. The van der Waals surface area contributed by atoms with Gasteiger partial charge < -0.3 is 10.1 Å². The van der Waals surface area contributed by atoms with Crippen LogP contribution >= 0.6 is 31.9 Å². The highest BCUT2D eigenvalue weighted by atomic mass is 79.9. The molecule has 7 heteroatoms. The number of rotatable bonds is 4. The van der Waals surface area contributed by atoms with E-state index in [-0.39, 0.29) is 12.2 Å². The smallest absolute Gasteiger partial charge is 0.340 e. The summed E-state index contributed by atoms with van der Waals surface area (Å²) in [6, 6.07) is 7.11. The van der Waals surface area contributed by atoms with Crippen molar-refractivity contribution in [3.8, 4) is 0 Å². The third-order valence-corrected chi connectivity index (χ3v) is 3.76. The number of nitrogens with one attached hydrogen (secondary N) is 1. The molecule has 1 N–H and O–H groups in total. The predicted octanol–water partition coefficient (Wildman–Crippen LogP) is 3.71. The summed E-state index contributed by atoms with van der Waals surface area (Å²) in [7, 11) is 0. The fourth-order valence-electron chi connectivity index (χ4n) is 1.65. The number of carbonyl (C=O) groups is 2. The predicted molar refractivity (Wildman–Crippen MR) is 89.7 cm³/mol. The van der Waals surface area contributed by atoms with Crippen molar-refractivity contribution in [1.82, 2.24) is 4.98 Å². The molecule has 0 bridgehead atoms. The monoisotopic (exact) mass is 426 g/mol. The van der Waals surface area contributed by atoms with Crippen LogP contribution < -0.4 is 5.32 Å². The minimum Gasteiger partial charge on any atom is -0.452 e. The number of aryl methyl sites for hydroxylation is 1. The van der Waals surface area contributed by atoms with Crippen LogP contribution in [-0.2, 0) is 9.53 Å². The molecule has 1 aromatic carbocycles. The number of nitrogens with zero attached hydrogens (tertiary/aromatic N) is 1. The summed E-state index contributed by atoms with van der Waals surface area (Å²) in [4.78, 5) is 27.5. The summed E-state index contributed by atoms with van der Waals surface area (Å²) in [5, 5.41) is 2.67. The van der Waals surface area contributed by atoms with E-state index in [1.54, 1.807) is 18.3 Å². The molecule has 5 nitrogen and oxygen atoms in total. The van der Waals surface area contributed by atoms with Crippen molar-refractivity contribution in [2.24, 2.45) is 0 Å². The molecule has 0 spiro atoms. The molecule has 1 heterocycles. The molecule has 114 valence electrons. The van der Waals surface area contributed by atoms with Crippen molar-refractivity contribution in [1.29, 1.82) is 0 Å². The van der Waals surface area contributed by atoms with E-state index in [0.717, 1.165) is 10.0 Å². The number of anilines is 1. The van der Waals surface area contributed by atoms with Gasteiger partial charge in [-0.05, 0) is 62.5 Å². The second-order valence-corrected chi connectivity index (χ2v) is 6.27. The summed E-state index contributed by atoms with van der Waals surface area (Å²) in [6.45, 7) is 1.58. The Bertz CT molecular complexity index is 720. The quantitative estimate of drug-likeness (QED) is 0.755. The Morgan fingerprint density at radius 1 is 1.23 bits per heavy atom. The molecule has 0 atom stereocenters. The Morgan fingerprint density at radius 2 is 2.00 bits per heavy atom. The summed E-state index contributed by atoms with van der Waals surface area (Å²) < 4.78 is 6.38. The van der Waals surface area contributed by atoms with Gasteiger partial charge in [0.1, 0.15) is 0 Å². The van der Waals surface area contributed by atoms with E-state index in [0.29, 0.717) is 10.2 Å². The zero-order valence-electron chi connectivity index (χ0n) is 11.6. The number of hydrogen-bond donors (Lipinski definition) is 1. The Balaban J connectivity index is 1.91. The lowest BCUT2D eigenvalue weighted by atomic mass is 10.2. The van der Waals surface area contributed by atoms with Gasteiger partial charge in [0.2, 0.25) is 0 Å². The number of carbonyl (C=O) groups excluding carboxylic acids is 2. The molecule has 0 saturated heterocycles. The molecule has 0 aliphatic heterocycles. The standard InChI is InChI=1S/C15H12Br2N2O3/c1-9-2-3-13(12(17)4-9)19-14(20)8-22-15(21)10-5-11(16)7-18-6-10/h2-7H,8H2,1H3,(H,19,20). The molecular weight excluding hydrogens is 416 g/mol. The van der Waals surface area contributed by atoms with Gasteiger partial charge in [-0.25, -0.2) is 4.79 Å². The number of ether oxygens (including phenoxy) is 1. The lowest BCUT2D eigenvalue weighted by Crippen LogP contribution is -2.21. The average Bonchev–Trinajstić information content (AvgIpc) is 2.47. The van der Waals surface area contributed by atoms with Gasteiger partial charge in [0.05, 0.1) is 11.3 Å². The molecule has 0 aliphatic rings. The van der Waals surface area contributed by atoms with Crippen molar-refractivity contribution in [3.63, 3.8) is 0 Å². The Hall–Kier alpha value is -1.73. The molecule has 22 heavy (non-hydrogen) atoms. The molecule has 0 fully saturated rings. The fraction of sp³-hybridized carbons (Fsp3) is 0.133. The zero-order chi connectivity index (χ0) is 16.1. The van der Waals surface area contributed by atoms with Crippen molar-refractivity contribution in [2.45, 2.75) is 6.92 Å². The van der Waals surface area contributed by atoms with Gasteiger partial charge in [0.25, 0.3) is 5.91 Å². The molecular formula is C15H12Br2N2O3. The van der Waals surface area contributed by atoms with Crippen LogP contribution in [0.2, 0.25) is 0 Å². The van der Waals surface area contributed by atoms with Crippen LogP contribution in [-0.4, -0.2) is 23.5 Å². The lowest BCUT2D eigenvalue weighted by Gasteiger charge is -2.09. The normalized spacial score (nSPS) is 10.1. The molecule has 1 amide bonds. The number of benzene rings is 1. The maximum absolute atomic E-state index is 11.8. The van der Waals surface area contributed by atoms with Gasteiger partial charge >= 0.3 is 5.97 Å². The summed E-state index contributed by atoms with van der Waals surface area (Å²) in [5.74, 6) is -1.02. The van der Waals surface area contributed by atoms with Gasteiger partial charge in [0, 0.05) is 21.3 Å². The highest BCUT2D eigenvalue weighted by molar-refractivity contribution is 9.10. The average molecular weight is 428 g/mol. The summed E-state index contributed by atoms with van der Waals surface area (Å²) in [5.41, 5.74) is 1.97. The van der Waals surface area contributed by atoms with Gasteiger partial charge in [-0.2, -0.15) is 0 Å². The first-order valence-electron chi connectivity index (χ1n) is 6.29. The second kappa shape index (κ2) is 7.51. The first-order valence-corrected chi connectivity index (χ1v) is 7.88. The third kappa shape index (κ3) is 4.64. The minimum absolute atomic E-state index is 0.277. The van der Waals surface area contributed by atoms with E-state index in [2.05, 4.69) is 42.2 Å². The number of pyridine rings is 1. The van der Waals surface area contributed by atoms with Crippen molar-refractivity contribution in [2.75, 3.05) is 11.9 Å². The maximum Gasteiger partial charge on any atom is 0.340 e. The first kappa shape index (κ1) is 16.6. The highest BCUT2D eigenvalue weighted by Crippen LogP contribution is 2.23. The molecule has 0 radical (unpaired) electrons. The van der Waals surface area contributed by atoms with Crippen molar-refractivity contribution >= 4 is 49.4 Å². The third-order valence-electron chi connectivity index (χ3n) is 2.67. The van der Waals surface area contributed by atoms with Crippen molar-refractivity contribution < 1.29 is 14.3 Å². The molecule has 1 aromatic heterocycles. The van der Waals surface area contributed by atoms with Gasteiger partial charge in [0.15, 0.2) is 6.61 Å². The number of esters is 1. The lowest BCUT2D eigenvalue weighted by molar-refractivity contribution is -0.119. The van der Waals surface area contributed by atoms with Crippen LogP contribution in [0.4, 0.5) is 5.69 Å². The van der Waals surface area contributed by atoms with Gasteiger partial charge in [-0.15, -0.1) is 0 Å². The van der Waals surface area contributed by atoms with E-state index in [4.69, 9.17) is 4.74 Å². The number of halogens is 2. The van der Waals surface area contributed by atoms with Crippen molar-refractivity contribution in [3.05, 3.63) is 56.7 Å². The zero-order valence-corrected chi connectivity index (χ0v) is 14.8. The van der Waals surface area contributed by atoms with Gasteiger partial charge in [-0.1, -0.05) is 6.07 Å². The number of aromatic nitrogens is 1. The summed E-state index contributed by atoms with van der Waals surface area (Å²) >= 11 is 6.58. The van der Waals surface area contributed by atoms with Crippen LogP contribution in [0.1, 0.15) is 15.9 Å². The summed E-state index contributed by atoms with van der Waals surface area (Å²) in [6.07, 6.45) is 2.93. The van der Waals surface area contributed by atoms with E-state index < -0.39 is 11.9 Å². The van der Waals surface area contributed by atoms with Crippen LogP contribution in [0.15, 0.2) is 45.6 Å². The minimum atomic E-state index is -0.605. The van der Waals surface area contributed by atoms with E-state index in [1.165, 1.54) is 6.20 Å². The topological polar surface area (TPSA) is 68.3 Å². The molecule has 0 saturated carbocycles. The maximum atomic E-state index is 11.8. The Morgan fingerprint density at radius 3 is 2.68 bits per heavy atom. The molecule has 0 unspecified atom stereocenters. The molecule has 0 aliphatic carbocycles. The molecule has 2 aromatic rings. The van der Waals surface area contributed by atoms with Crippen LogP contribution in [0.5, 0.6) is 0 Å². The SMILES string of the molecule is Cc1ccc(NC(=O)COC(=O)c2cncc(Br)c2)c(Br)c1. The van der Waals surface area contributed by atoms with Crippen LogP contribution in [0.25, 0.3) is 0 Å². The number of hydrogen-bond acceptors (Lipinski definition) is 4. The van der Waals surface area contributed by atoms with E-state index in [9.17, 15) is 9.59 Å². The van der Waals surface area contributed by atoms with E-state index in [1.807, 2.05) is 19.1 Å². The van der Waals surface area contributed by atoms with Gasteiger partial charge in [-0.3, -0.25) is 9.78 Å². The Kier molecular flexibility index (Phi) is 5.68. The Labute approximate surface area is 144 Å². The van der Waals surface area contributed by atoms with E-state index >= 15 is 0 Å². The number of amides is 1. The highest BCUT2D eigenvalue weighted by Gasteiger charge is 2.12. The second-order valence-electron chi connectivity index (χ2n) is 4.50.